The van der Waals surface area contributed by atoms with Gasteiger partial charge in [-0.3, -0.25) is 9.59 Å². The monoisotopic (exact) mass is 450 g/mol. The van der Waals surface area contributed by atoms with Crippen molar-refractivity contribution in [3.05, 3.63) is 70.2 Å². The maximum absolute atomic E-state index is 12.7. The zero-order valence-electron chi connectivity index (χ0n) is 17.3. The van der Waals surface area contributed by atoms with Crippen LogP contribution in [0.15, 0.2) is 48.5 Å². The van der Waals surface area contributed by atoms with Crippen molar-refractivity contribution < 1.29 is 18.0 Å². The first-order valence-electron chi connectivity index (χ1n) is 9.63. The van der Waals surface area contributed by atoms with E-state index < -0.39 is 15.9 Å². The molecule has 0 fully saturated rings. The molecule has 0 radical (unpaired) electrons. The third kappa shape index (κ3) is 8.16. The van der Waals surface area contributed by atoms with E-state index in [-0.39, 0.29) is 30.0 Å². The number of benzene rings is 2. The molecular weight excluding hydrogens is 424 g/mol. The van der Waals surface area contributed by atoms with E-state index in [1.165, 1.54) is 6.26 Å². The second kappa shape index (κ2) is 10.6. The van der Waals surface area contributed by atoms with Crippen molar-refractivity contribution in [2.75, 3.05) is 6.26 Å². The minimum Gasteiger partial charge on any atom is -0.350 e. The SMILES string of the molecule is CC(C)CC(NC(=O)c1ccc(Cl)cc1)C(=O)NCc1ccc(CS(C)(=O)=O)cc1. The molecular formula is C22H27ClN2O4S. The molecule has 0 heterocycles. The predicted molar refractivity (Wildman–Crippen MR) is 119 cm³/mol. The Hall–Kier alpha value is -2.38. The molecule has 30 heavy (non-hydrogen) atoms. The summed E-state index contributed by atoms with van der Waals surface area (Å²) in [6.07, 6.45) is 1.69. The van der Waals surface area contributed by atoms with E-state index in [0.29, 0.717) is 22.6 Å². The summed E-state index contributed by atoms with van der Waals surface area (Å²) < 4.78 is 22.7. The smallest absolute Gasteiger partial charge is 0.251 e. The third-order valence-corrected chi connectivity index (χ3v) is 5.46. The van der Waals surface area contributed by atoms with Gasteiger partial charge in [-0.25, -0.2) is 8.42 Å². The Morgan fingerprint density at radius 2 is 1.53 bits per heavy atom. The quantitative estimate of drug-likeness (QED) is 0.612. The molecule has 2 rings (SSSR count). The summed E-state index contributed by atoms with van der Waals surface area (Å²) in [5.41, 5.74) is 1.97. The van der Waals surface area contributed by atoms with Crippen LogP contribution in [-0.2, 0) is 26.9 Å². The molecule has 6 nitrogen and oxygen atoms in total. The molecule has 0 bridgehead atoms. The minimum atomic E-state index is -3.09. The van der Waals surface area contributed by atoms with Gasteiger partial charge in [0.25, 0.3) is 5.91 Å². The maximum atomic E-state index is 12.7. The van der Waals surface area contributed by atoms with Gasteiger partial charge in [-0.1, -0.05) is 49.7 Å². The standard InChI is InChI=1S/C22H27ClN2O4S/c1-15(2)12-20(25-21(26)18-8-10-19(23)11-9-18)22(27)24-13-16-4-6-17(7-5-16)14-30(3,28)29/h4-11,15,20H,12-14H2,1-3H3,(H,24,27)(H,25,26). The lowest BCUT2D eigenvalue weighted by Crippen LogP contribution is -2.47. The first-order valence-corrected chi connectivity index (χ1v) is 12.1. The van der Waals surface area contributed by atoms with Crippen molar-refractivity contribution in [1.82, 2.24) is 10.6 Å². The number of halogens is 1. The van der Waals surface area contributed by atoms with Crippen LogP contribution >= 0.6 is 11.6 Å². The van der Waals surface area contributed by atoms with E-state index in [1.54, 1.807) is 48.5 Å². The number of hydrogen-bond acceptors (Lipinski definition) is 4. The van der Waals surface area contributed by atoms with Crippen LogP contribution in [0.4, 0.5) is 0 Å². The predicted octanol–water partition coefficient (Wildman–Crippen LogP) is 3.35. The van der Waals surface area contributed by atoms with Crippen molar-refractivity contribution in [2.45, 2.75) is 38.6 Å². The molecule has 0 aliphatic heterocycles. The Labute approximate surface area is 182 Å². The van der Waals surface area contributed by atoms with E-state index >= 15 is 0 Å². The lowest BCUT2D eigenvalue weighted by Gasteiger charge is -2.20. The summed E-state index contributed by atoms with van der Waals surface area (Å²) >= 11 is 5.86. The van der Waals surface area contributed by atoms with Crippen LogP contribution in [0.25, 0.3) is 0 Å². The van der Waals surface area contributed by atoms with Crippen LogP contribution in [0.3, 0.4) is 0 Å². The highest BCUT2D eigenvalue weighted by Crippen LogP contribution is 2.12. The molecule has 0 aliphatic carbocycles. The lowest BCUT2D eigenvalue weighted by atomic mass is 10.0. The second-order valence-corrected chi connectivity index (χ2v) is 10.3. The van der Waals surface area contributed by atoms with E-state index in [0.717, 1.165) is 5.56 Å². The van der Waals surface area contributed by atoms with E-state index in [2.05, 4.69) is 10.6 Å². The van der Waals surface area contributed by atoms with Gasteiger partial charge in [0.1, 0.15) is 6.04 Å². The van der Waals surface area contributed by atoms with Crippen LogP contribution < -0.4 is 10.6 Å². The first-order chi connectivity index (χ1) is 14.0. The molecule has 2 aromatic carbocycles. The topological polar surface area (TPSA) is 92.3 Å². The number of carbonyl (C=O) groups is 2. The summed E-state index contributed by atoms with van der Waals surface area (Å²) in [6.45, 7) is 4.24. The molecule has 1 unspecified atom stereocenters. The van der Waals surface area contributed by atoms with E-state index in [9.17, 15) is 18.0 Å². The zero-order valence-corrected chi connectivity index (χ0v) is 18.9. The van der Waals surface area contributed by atoms with Crippen molar-refractivity contribution in [3.8, 4) is 0 Å². The summed E-state index contributed by atoms with van der Waals surface area (Å²) in [6, 6.07) is 12.8. The Balaban J connectivity index is 1.99. The number of rotatable bonds is 9. The van der Waals surface area contributed by atoms with Gasteiger partial charge in [0.15, 0.2) is 9.84 Å². The van der Waals surface area contributed by atoms with Crippen LogP contribution in [0.1, 0.15) is 41.8 Å². The average Bonchev–Trinajstić information content (AvgIpc) is 2.65. The van der Waals surface area contributed by atoms with Gasteiger partial charge in [0.05, 0.1) is 5.75 Å². The van der Waals surface area contributed by atoms with Gasteiger partial charge in [-0.2, -0.15) is 0 Å². The van der Waals surface area contributed by atoms with Gasteiger partial charge >= 0.3 is 0 Å². The van der Waals surface area contributed by atoms with E-state index in [1.807, 2.05) is 13.8 Å². The number of sulfone groups is 1. The molecule has 0 spiro atoms. The van der Waals surface area contributed by atoms with Crippen molar-refractivity contribution in [3.63, 3.8) is 0 Å². The fourth-order valence-corrected chi connectivity index (χ4v) is 3.84. The Morgan fingerprint density at radius 1 is 0.967 bits per heavy atom. The minimum absolute atomic E-state index is 0.0210. The number of carbonyl (C=O) groups excluding carboxylic acids is 2. The van der Waals surface area contributed by atoms with Crippen LogP contribution in [0.2, 0.25) is 5.02 Å². The Bertz CT molecular complexity index is 971. The van der Waals surface area contributed by atoms with Crippen molar-refractivity contribution in [1.29, 1.82) is 0 Å². The summed E-state index contributed by atoms with van der Waals surface area (Å²) in [4.78, 5) is 25.2. The van der Waals surface area contributed by atoms with Crippen molar-refractivity contribution in [2.24, 2.45) is 5.92 Å². The first kappa shape index (κ1) is 23.9. The van der Waals surface area contributed by atoms with Gasteiger partial charge in [0.2, 0.25) is 5.91 Å². The van der Waals surface area contributed by atoms with Crippen LogP contribution in [-0.4, -0.2) is 32.5 Å². The zero-order chi connectivity index (χ0) is 22.3. The Morgan fingerprint density at radius 3 is 2.07 bits per heavy atom. The highest BCUT2D eigenvalue weighted by molar-refractivity contribution is 7.89. The van der Waals surface area contributed by atoms with Crippen molar-refractivity contribution >= 4 is 33.3 Å². The molecule has 0 aromatic heterocycles. The summed E-state index contributed by atoms with van der Waals surface area (Å²) in [7, 11) is -3.09. The molecule has 0 aliphatic rings. The molecule has 0 saturated carbocycles. The average molecular weight is 451 g/mol. The fourth-order valence-electron chi connectivity index (χ4n) is 2.91. The van der Waals surface area contributed by atoms with Gasteiger partial charge in [-0.05, 0) is 47.7 Å². The normalized spacial score (nSPS) is 12.4. The van der Waals surface area contributed by atoms with Gasteiger partial charge in [-0.15, -0.1) is 0 Å². The summed E-state index contributed by atoms with van der Waals surface area (Å²) in [5.74, 6) is -0.419. The molecule has 2 N–H and O–H groups in total. The highest BCUT2D eigenvalue weighted by atomic mass is 35.5. The van der Waals surface area contributed by atoms with Gasteiger partial charge < -0.3 is 10.6 Å². The fraction of sp³-hybridized carbons (Fsp3) is 0.364. The molecule has 2 amide bonds. The molecule has 8 heteroatoms. The molecule has 0 saturated heterocycles. The number of amides is 2. The molecule has 2 aromatic rings. The summed E-state index contributed by atoms with van der Waals surface area (Å²) in [5, 5.41) is 6.17. The number of nitrogens with one attached hydrogen (secondary N) is 2. The van der Waals surface area contributed by atoms with E-state index in [4.69, 9.17) is 11.6 Å². The molecule has 1 atom stereocenters. The third-order valence-electron chi connectivity index (χ3n) is 4.35. The maximum Gasteiger partial charge on any atom is 0.251 e. The highest BCUT2D eigenvalue weighted by Gasteiger charge is 2.22. The lowest BCUT2D eigenvalue weighted by molar-refractivity contribution is -0.123. The Kier molecular flexibility index (Phi) is 8.43. The van der Waals surface area contributed by atoms with Crippen LogP contribution in [0.5, 0.6) is 0 Å². The number of hydrogen-bond donors (Lipinski definition) is 2. The van der Waals surface area contributed by atoms with Crippen LogP contribution in [0, 0.1) is 5.92 Å². The second-order valence-electron chi connectivity index (χ2n) is 7.77. The largest absolute Gasteiger partial charge is 0.350 e. The van der Waals surface area contributed by atoms with Gasteiger partial charge in [0, 0.05) is 23.4 Å². The molecule has 162 valence electrons.